The van der Waals surface area contributed by atoms with Crippen molar-refractivity contribution in [3.63, 3.8) is 0 Å². The van der Waals surface area contributed by atoms with E-state index in [2.05, 4.69) is 10.6 Å². The number of likely N-dealkylation sites (tertiary alicyclic amines) is 1. The maximum absolute atomic E-state index is 12.7. The van der Waals surface area contributed by atoms with E-state index in [9.17, 15) is 9.59 Å². The van der Waals surface area contributed by atoms with Crippen LogP contribution in [0.5, 0.6) is 5.75 Å². The van der Waals surface area contributed by atoms with Crippen molar-refractivity contribution in [1.82, 2.24) is 15.5 Å². The van der Waals surface area contributed by atoms with E-state index in [4.69, 9.17) is 4.74 Å². The van der Waals surface area contributed by atoms with E-state index < -0.39 is 0 Å². The minimum absolute atomic E-state index is 0.000252. The Bertz CT molecular complexity index is 645. The summed E-state index contributed by atoms with van der Waals surface area (Å²) >= 11 is 0. The number of piperidine rings is 1. The zero-order chi connectivity index (χ0) is 20.0. The molecule has 2 N–H and O–H groups in total. The molecule has 27 heavy (non-hydrogen) atoms. The summed E-state index contributed by atoms with van der Waals surface area (Å²) in [6.07, 6.45) is 1.76. The summed E-state index contributed by atoms with van der Waals surface area (Å²) in [6.45, 7) is 11.0. The largest absolute Gasteiger partial charge is 0.491 e. The van der Waals surface area contributed by atoms with Crippen LogP contribution in [0.4, 0.5) is 4.79 Å². The van der Waals surface area contributed by atoms with Crippen LogP contribution in [0.15, 0.2) is 24.3 Å². The molecule has 1 heterocycles. The van der Waals surface area contributed by atoms with Crippen molar-refractivity contribution in [1.29, 1.82) is 0 Å². The lowest BCUT2D eigenvalue weighted by Gasteiger charge is -2.33. The van der Waals surface area contributed by atoms with Crippen molar-refractivity contribution in [2.75, 3.05) is 13.1 Å². The van der Waals surface area contributed by atoms with Gasteiger partial charge in [-0.3, -0.25) is 4.79 Å². The molecule has 1 aliphatic rings. The average molecular weight is 376 g/mol. The lowest BCUT2D eigenvalue weighted by Crippen LogP contribution is -2.50. The predicted molar refractivity (Wildman–Crippen MR) is 107 cm³/mol. The SMILES string of the molecule is CC(C)NC(=O)N1CCC[C@H](C(=O)N[C@@H](C)c2cccc(OC(C)C)c2)C1. The van der Waals surface area contributed by atoms with Crippen molar-refractivity contribution in [2.24, 2.45) is 5.92 Å². The number of amides is 3. The van der Waals surface area contributed by atoms with Gasteiger partial charge in [0.1, 0.15) is 5.75 Å². The molecule has 0 aliphatic carbocycles. The number of hydrogen-bond donors (Lipinski definition) is 2. The highest BCUT2D eigenvalue weighted by atomic mass is 16.5. The summed E-state index contributed by atoms with van der Waals surface area (Å²) < 4.78 is 5.73. The lowest BCUT2D eigenvalue weighted by molar-refractivity contribution is -0.126. The zero-order valence-electron chi connectivity index (χ0n) is 17.1. The third-order valence-electron chi connectivity index (χ3n) is 4.58. The van der Waals surface area contributed by atoms with Gasteiger partial charge in [0, 0.05) is 19.1 Å². The minimum Gasteiger partial charge on any atom is -0.491 e. The Morgan fingerprint density at radius 2 is 1.89 bits per heavy atom. The number of ether oxygens (including phenoxy) is 1. The van der Waals surface area contributed by atoms with Gasteiger partial charge in [0.05, 0.1) is 18.1 Å². The number of hydrogen-bond acceptors (Lipinski definition) is 3. The smallest absolute Gasteiger partial charge is 0.317 e. The third kappa shape index (κ3) is 6.45. The summed E-state index contributed by atoms with van der Waals surface area (Å²) in [5.74, 6) is 0.631. The Morgan fingerprint density at radius 1 is 1.15 bits per heavy atom. The van der Waals surface area contributed by atoms with Crippen molar-refractivity contribution < 1.29 is 14.3 Å². The van der Waals surface area contributed by atoms with E-state index in [-0.39, 0.29) is 36.0 Å². The summed E-state index contributed by atoms with van der Waals surface area (Å²) in [4.78, 5) is 26.7. The molecule has 6 nitrogen and oxygen atoms in total. The molecule has 0 saturated carbocycles. The first-order valence-electron chi connectivity index (χ1n) is 9.88. The molecule has 0 bridgehead atoms. The highest BCUT2D eigenvalue weighted by molar-refractivity contribution is 5.81. The van der Waals surface area contributed by atoms with E-state index >= 15 is 0 Å². The summed E-state index contributed by atoms with van der Waals surface area (Å²) in [6, 6.07) is 7.70. The molecule has 1 aromatic rings. The van der Waals surface area contributed by atoms with Crippen molar-refractivity contribution >= 4 is 11.9 Å². The predicted octanol–water partition coefficient (Wildman–Crippen LogP) is 3.48. The molecule has 0 unspecified atom stereocenters. The van der Waals surface area contributed by atoms with Crippen molar-refractivity contribution in [3.05, 3.63) is 29.8 Å². The summed E-state index contributed by atoms with van der Waals surface area (Å²) in [7, 11) is 0. The van der Waals surface area contributed by atoms with Crippen LogP contribution in [0.3, 0.4) is 0 Å². The fourth-order valence-corrected chi connectivity index (χ4v) is 3.26. The Kier molecular flexibility index (Phi) is 7.51. The number of carbonyl (C=O) groups is 2. The zero-order valence-corrected chi connectivity index (χ0v) is 17.1. The first kappa shape index (κ1) is 21.1. The summed E-state index contributed by atoms with van der Waals surface area (Å²) in [5.41, 5.74) is 1.01. The van der Waals surface area contributed by atoms with Gasteiger partial charge in [-0.1, -0.05) is 12.1 Å². The molecule has 1 aromatic carbocycles. The minimum atomic E-state index is -0.172. The van der Waals surface area contributed by atoms with E-state index in [1.807, 2.05) is 58.9 Å². The average Bonchev–Trinajstić information content (AvgIpc) is 2.61. The van der Waals surface area contributed by atoms with Gasteiger partial charge >= 0.3 is 6.03 Å². The number of carbonyl (C=O) groups excluding carboxylic acids is 2. The molecule has 1 aliphatic heterocycles. The lowest BCUT2D eigenvalue weighted by atomic mass is 9.96. The van der Waals surface area contributed by atoms with Gasteiger partial charge in [0.25, 0.3) is 0 Å². The van der Waals surface area contributed by atoms with Gasteiger partial charge in [-0.15, -0.1) is 0 Å². The second-order valence-corrected chi connectivity index (χ2v) is 7.86. The quantitative estimate of drug-likeness (QED) is 0.800. The number of nitrogens with zero attached hydrogens (tertiary/aromatic N) is 1. The number of urea groups is 1. The topological polar surface area (TPSA) is 70.7 Å². The third-order valence-corrected chi connectivity index (χ3v) is 4.58. The Morgan fingerprint density at radius 3 is 2.56 bits per heavy atom. The van der Waals surface area contributed by atoms with E-state index in [1.54, 1.807) is 4.90 Å². The second kappa shape index (κ2) is 9.62. The number of benzene rings is 1. The van der Waals surface area contributed by atoms with Crippen LogP contribution in [0, 0.1) is 5.92 Å². The Balaban J connectivity index is 1.94. The molecule has 0 aromatic heterocycles. The molecular formula is C21H33N3O3. The molecule has 2 atom stereocenters. The number of nitrogens with one attached hydrogen (secondary N) is 2. The van der Waals surface area contributed by atoms with E-state index in [0.717, 1.165) is 24.2 Å². The maximum atomic E-state index is 12.7. The highest BCUT2D eigenvalue weighted by Gasteiger charge is 2.29. The first-order chi connectivity index (χ1) is 12.8. The van der Waals surface area contributed by atoms with Gasteiger partial charge in [0.15, 0.2) is 0 Å². The van der Waals surface area contributed by atoms with Gasteiger partial charge in [-0.2, -0.15) is 0 Å². The highest BCUT2D eigenvalue weighted by Crippen LogP contribution is 2.22. The fraction of sp³-hybridized carbons (Fsp3) is 0.619. The molecule has 1 saturated heterocycles. The van der Waals surface area contributed by atoms with Crippen LogP contribution < -0.4 is 15.4 Å². The molecule has 2 rings (SSSR count). The van der Waals surface area contributed by atoms with Gasteiger partial charge in [-0.25, -0.2) is 4.79 Å². The van der Waals surface area contributed by atoms with Gasteiger partial charge in [-0.05, 0) is 65.2 Å². The molecule has 3 amide bonds. The van der Waals surface area contributed by atoms with Gasteiger partial charge < -0.3 is 20.3 Å². The van der Waals surface area contributed by atoms with Crippen LogP contribution >= 0.6 is 0 Å². The molecule has 1 fully saturated rings. The van der Waals surface area contributed by atoms with Crippen molar-refractivity contribution in [3.8, 4) is 5.75 Å². The molecular weight excluding hydrogens is 342 g/mol. The molecule has 6 heteroatoms. The van der Waals surface area contributed by atoms with Crippen LogP contribution in [0.25, 0.3) is 0 Å². The van der Waals surface area contributed by atoms with E-state index in [1.165, 1.54) is 0 Å². The summed E-state index contributed by atoms with van der Waals surface area (Å²) in [5, 5.41) is 6.00. The standard InChI is InChI=1S/C21H33N3O3/c1-14(2)22-21(26)24-11-7-9-18(13-24)20(25)23-16(5)17-8-6-10-19(12-17)27-15(3)4/h6,8,10,12,14-16,18H,7,9,11,13H2,1-5H3,(H,22,26)(H,23,25)/t16-,18-/m0/s1. The van der Waals surface area contributed by atoms with Crippen molar-refractivity contribution in [2.45, 2.75) is 65.6 Å². The van der Waals surface area contributed by atoms with Crippen LogP contribution in [0.2, 0.25) is 0 Å². The van der Waals surface area contributed by atoms with Gasteiger partial charge in [0.2, 0.25) is 5.91 Å². The second-order valence-electron chi connectivity index (χ2n) is 7.86. The molecule has 0 radical (unpaired) electrons. The van der Waals surface area contributed by atoms with Crippen LogP contribution in [0.1, 0.15) is 59.1 Å². The van der Waals surface area contributed by atoms with Crippen LogP contribution in [-0.4, -0.2) is 42.1 Å². The number of rotatable bonds is 6. The Hall–Kier alpha value is -2.24. The molecule has 0 spiro atoms. The normalized spacial score (nSPS) is 18.3. The van der Waals surface area contributed by atoms with E-state index in [0.29, 0.717) is 13.1 Å². The molecule has 150 valence electrons. The fourth-order valence-electron chi connectivity index (χ4n) is 3.26. The van der Waals surface area contributed by atoms with Crippen LogP contribution in [-0.2, 0) is 4.79 Å². The maximum Gasteiger partial charge on any atom is 0.317 e. The first-order valence-corrected chi connectivity index (χ1v) is 9.88. The monoisotopic (exact) mass is 375 g/mol. The Labute approximate surface area is 162 Å².